The van der Waals surface area contributed by atoms with Crippen molar-refractivity contribution in [3.63, 3.8) is 0 Å². The molecule has 0 fully saturated rings. The molecule has 0 atom stereocenters. The summed E-state index contributed by atoms with van der Waals surface area (Å²) in [7, 11) is 3.50. The Morgan fingerprint density at radius 1 is 0.781 bits per heavy atom. The van der Waals surface area contributed by atoms with Gasteiger partial charge >= 0.3 is 0 Å². The van der Waals surface area contributed by atoms with E-state index in [9.17, 15) is 9.59 Å². The zero-order valence-corrected chi connectivity index (χ0v) is 19.5. The zero-order chi connectivity index (χ0) is 23.1. The van der Waals surface area contributed by atoms with E-state index in [1.165, 1.54) is 0 Å². The molecule has 166 valence electrons. The Hall–Kier alpha value is -2.86. The van der Waals surface area contributed by atoms with Crippen molar-refractivity contribution in [2.75, 3.05) is 32.5 Å². The lowest BCUT2D eigenvalue weighted by Gasteiger charge is -2.30. The number of hydrogen-bond donors (Lipinski definition) is 1. The summed E-state index contributed by atoms with van der Waals surface area (Å²) < 4.78 is 0. The van der Waals surface area contributed by atoms with E-state index in [1.54, 1.807) is 42.1 Å². The minimum Gasteiger partial charge on any atom is -0.334 e. The summed E-state index contributed by atoms with van der Waals surface area (Å²) in [6, 6.07) is 24.5. The first kappa shape index (κ1) is 23.8. The lowest BCUT2D eigenvalue weighted by atomic mass is 9.97. The molecule has 0 aliphatic heterocycles. The van der Waals surface area contributed by atoms with Crippen LogP contribution in [0.2, 0.25) is 10.0 Å². The molecule has 1 N–H and O–H groups in total. The number of para-hydroxylation sites is 1. The Kier molecular flexibility index (Phi) is 8.28. The highest BCUT2D eigenvalue weighted by molar-refractivity contribution is 6.39. The fourth-order valence-electron chi connectivity index (χ4n) is 3.49. The first-order chi connectivity index (χ1) is 15.4. The first-order valence-electron chi connectivity index (χ1n) is 10.1. The second-order valence-corrected chi connectivity index (χ2v) is 8.36. The highest BCUT2D eigenvalue weighted by Gasteiger charge is 2.24. The maximum atomic E-state index is 13.1. The second kappa shape index (κ2) is 11.1. The van der Waals surface area contributed by atoms with Gasteiger partial charge in [-0.15, -0.1) is 0 Å². The van der Waals surface area contributed by atoms with Gasteiger partial charge in [-0.1, -0.05) is 89.9 Å². The number of halogens is 2. The molecule has 3 aromatic carbocycles. The number of carbonyl (C=O) groups excluding carboxylic acids is 2. The highest BCUT2D eigenvalue weighted by atomic mass is 35.5. The van der Waals surface area contributed by atoms with Crippen LogP contribution in [0.3, 0.4) is 0 Å². The number of nitrogens with zero attached hydrogens (tertiary/aromatic N) is 2. The number of benzene rings is 3. The Morgan fingerprint density at radius 2 is 1.28 bits per heavy atom. The van der Waals surface area contributed by atoms with Crippen molar-refractivity contribution in [1.82, 2.24) is 9.80 Å². The average molecular weight is 470 g/mol. The maximum Gasteiger partial charge on any atom is 0.238 e. The van der Waals surface area contributed by atoms with E-state index >= 15 is 0 Å². The Morgan fingerprint density at radius 3 is 1.78 bits per heavy atom. The van der Waals surface area contributed by atoms with Crippen molar-refractivity contribution in [2.45, 2.75) is 6.04 Å². The van der Waals surface area contributed by atoms with Gasteiger partial charge in [-0.25, -0.2) is 0 Å². The third-order valence-electron chi connectivity index (χ3n) is 5.06. The third kappa shape index (κ3) is 6.10. The third-order valence-corrected chi connectivity index (χ3v) is 5.69. The topological polar surface area (TPSA) is 52.7 Å². The van der Waals surface area contributed by atoms with Gasteiger partial charge in [0.2, 0.25) is 11.8 Å². The van der Waals surface area contributed by atoms with Gasteiger partial charge in [0.15, 0.2) is 0 Å². The molecule has 0 aromatic heterocycles. The normalized spacial score (nSPS) is 10.9. The molecule has 0 radical (unpaired) electrons. The van der Waals surface area contributed by atoms with Crippen LogP contribution in [0.15, 0.2) is 78.9 Å². The van der Waals surface area contributed by atoms with Crippen molar-refractivity contribution in [3.8, 4) is 0 Å². The van der Waals surface area contributed by atoms with Crippen LogP contribution in [0.1, 0.15) is 17.2 Å². The van der Waals surface area contributed by atoms with Gasteiger partial charge in [-0.3, -0.25) is 14.5 Å². The van der Waals surface area contributed by atoms with Crippen LogP contribution in [0.5, 0.6) is 0 Å². The predicted octanol–water partition coefficient (Wildman–Crippen LogP) is 5.11. The molecule has 3 rings (SSSR count). The Balaban J connectivity index is 1.67. The van der Waals surface area contributed by atoms with Crippen molar-refractivity contribution < 1.29 is 9.59 Å². The van der Waals surface area contributed by atoms with Gasteiger partial charge in [0.05, 0.1) is 34.9 Å². The summed E-state index contributed by atoms with van der Waals surface area (Å²) in [6.07, 6.45) is 0. The van der Waals surface area contributed by atoms with Gasteiger partial charge in [-0.05, 0) is 30.3 Å². The van der Waals surface area contributed by atoms with E-state index in [0.29, 0.717) is 15.7 Å². The van der Waals surface area contributed by atoms with Crippen LogP contribution in [-0.2, 0) is 9.59 Å². The summed E-state index contributed by atoms with van der Waals surface area (Å²) in [6.45, 7) is 0.0960. The highest BCUT2D eigenvalue weighted by Crippen LogP contribution is 2.30. The standard InChI is InChI=1S/C25H25Cl2N3O2/c1-29(16-22(31)28-24-20(26)14-9-15-21(24)27)17-23(32)30(2)25(18-10-5-3-6-11-18)19-12-7-4-8-13-19/h3-15,25H,16-17H2,1-2H3,(H,28,31). The minimum atomic E-state index is -0.305. The SMILES string of the molecule is CN(CC(=O)Nc1c(Cl)cccc1Cl)CC(=O)N(C)C(c1ccccc1)c1ccccc1. The second-order valence-electron chi connectivity index (χ2n) is 7.55. The van der Waals surface area contributed by atoms with Gasteiger partial charge in [0.25, 0.3) is 0 Å². The number of anilines is 1. The summed E-state index contributed by atoms with van der Waals surface area (Å²) in [5, 5.41) is 3.44. The quantitative estimate of drug-likeness (QED) is 0.498. The van der Waals surface area contributed by atoms with E-state index in [4.69, 9.17) is 23.2 Å². The van der Waals surface area contributed by atoms with Crippen LogP contribution in [0.4, 0.5) is 5.69 Å². The molecule has 3 aromatic rings. The molecule has 0 aliphatic carbocycles. The number of carbonyl (C=O) groups is 2. The predicted molar refractivity (Wildman–Crippen MR) is 130 cm³/mol. The van der Waals surface area contributed by atoms with Gasteiger partial charge in [-0.2, -0.15) is 0 Å². The fraction of sp³-hybridized carbons (Fsp3) is 0.200. The minimum absolute atomic E-state index is 0.0163. The summed E-state index contributed by atoms with van der Waals surface area (Å²) in [4.78, 5) is 28.9. The molecule has 5 nitrogen and oxygen atoms in total. The molecule has 0 aliphatic rings. The zero-order valence-electron chi connectivity index (χ0n) is 18.0. The van der Waals surface area contributed by atoms with Crippen molar-refractivity contribution in [2.24, 2.45) is 0 Å². The van der Waals surface area contributed by atoms with Crippen LogP contribution in [0, 0.1) is 0 Å². The van der Waals surface area contributed by atoms with E-state index in [-0.39, 0.29) is 30.9 Å². The van der Waals surface area contributed by atoms with Crippen LogP contribution in [-0.4, -0.2) is 48.8 Å². The number of likely N-dealkylation sites (N-methyl/N-ethyl adjacent to an activating group) is 2. The molecule has 0 heterocycles. The lowest BCUT2D eigenvalue weighted by Crippen LogP contribution is -2.41. The molecule has 0 spiro atoms. The van der Waals surface area contributed by atoms with E-state index in [1.807, 2.05) is 60.7 Å². The summed E-state index contributed by atoms with van der Waals surface area (Å²) in [5.74, 6) is -0.408. The van der Waals surface area contributed by atoms with Crippen LogP contribution >= 0.6 is 23.2 Å². The molecule has 2 amide bonds. The van der Waals surface area contributed by atoms with Crippen LogP contribution in [0.25, 0.3) is 0 Å². The molecular weight excluding hydrogens is 445 g/mol. The first-order valence-corrected chi connectivity index (χ1v) is 10.9. The molecule has 7 heteroatoms. The molecule has 0 unspecified atom stereocenters. The molecular formula is C25H25Cl2N3O2. The van der Waals surface area contributed by atoms with Gasteiger partial charge in [0.1, 0.15) is 0 Å². The number of nitrogens with one attached hydrogen (secondary N) is 1. The van der Waals surface area contributed by atoms with Gasteiger partial charge in [0, 0.05) is 7.05 Å². The smallest absolute Gasteiger partial charge is 0.238 e. The largest absolute Gasteiger partial charge is 0.334 e. The van der Waals surface area contributed by atoms with E-state index in [0.717, 1.165) is 11.1 Å². The number of hydrogen-bond acceptors (Lipinski definition) is 3. The van der Waals surface area contributed by atoms with Crippen molar-refractivity contribution >= 4 is 40.7 Å². The van der Waals surface area contributed by atoms with Crippen molar-refractivity contribution in [3.05, 3.63) is 100 Å². The molecule has 0 bridgehead atoms. The van der Waals surface area contributed by atoms with E-state index < -0.39 is 0 Å². The fourth-order valence-corrected chi connectivity index (χ4v) is 3.99. The average Bonchev–Trinajstić information content (AvgIpc) is 2.78. The van der Waals surface area contributed by atoms with Gasteiger partial charge < -0.3 is 10.2 Å². The van der Waals surface area contributed by atoms with Crippen molar-refractivity contribution in [1.29, 1.82) is 0 Å². The summed E-state index contributed by atoms with van der Waals surface area (Å²) >= 11 is 12.2. The van der Waals surface area contributed by atoms with E-state index in [2.05, 4.69) is 5.32 Å². The molecule has 0 saturated carbocycles. The maximum absolute atomic E-state index is 13.1. The summed E-state index contributed by atoms with van der Waals surface area (Å²) in [5.41, 5.74) is 2.40. The molecule has 0 saturated heterocycles. The lowest BCUT2D eigenvalue weighted by molar-refractivity contribution is -0.132. The number of amides is 2. The Bertz CT molecular complexity index is 1000. The number of rotatable bonds is 8. The molecule has 32 heavy (non-hydrogen) atoms. The Labute approximate surface area is 198 Å². The monoisotopic (exact) mass is 469 g/mol. The van der Waals surface area contributed by atoms with Crippen LogP contribution < -0.4 is 5.32 Å².